The van der Waals surface area contributed by atoms with Crippen LogP contribution in [0.4, 0.5) is 0 Å². The van der Waals surface area contributed by atoms with E-state index in [0.29, 0.717) is 31.1 Å². The number of nitrogens with zero attached hydrogens (tertiary/aromatic N) is 3. The largest absolute Gasteiger partial charge is 0.493 e. The molecule has 0 spiro atoms. The van der Waals surface area contributed by atoms with Crippen molar-refractivity contribution < 1.29 is 19.1 Å². The summed E-state index contributed by atoms with van der Waals surface area (Å²) in [6.07, 6.45) is 1.03. The smallest absolute Gasteiger partial charge is 0.243 e. The van der Waals surface area contributed by atoms with Gasteiger partial charge in [-0.15, -0.1) is 0 Å². The topological polar surface area (TPSA) is 71.4 Å². The molecular weight excluding hydrogens is 394 g/mol. The van der Waals surface area contributed by atoms with Crippen LogP contribution in [0.1, 0.15) is 37.3 Å². The zero-order chi connectivity index (χ0) is 22.2. The summed E-state index contributed by atoms with van der Waals surface area (Å²) in [4.78, 5) is 27.0. The Bertz CT molecular complexity index is 943. The summed E-state index contributed by atoms with van der Waals surface area (Å²) in [5.74, 6) is 1.09. The Balaban J connectivity index is 1.55. The van der Waals surface area contributed by atoms with E-state index in [1.807, 2.05) is 55.5 Å². The zero-order valence-corrected chi connectivity index (χ0v) is 18.3. The molecule has 7 nitrogen and oxygen atoms in total. The van der Waals surface area contributed by atoms with Crippen molar-refractivity contribution in [1.82, 2.24) is 9.91 Å². The molecule has 0 fully saturated rings. The Hall–Kier alpha value is -3.35. The van der Waals surface area contributed by atoms with E-state index in [1.54, 1.807) is 19.1 Å². The van der Waals surface area contributed by atoms with Gasteiger partial charge in [-0.25, -0.2) is 5.01 Å². The minimum Gasteiger partial charge on any atom is -0.493 e. The van der Waals surface area contributed by atoms with Crippen LogP contribution in [0.3, 0.4) is 0 Å². The highest BCUT2D eigenvalue weighted by Crippen LogP contribution is 2.28. The molecule has 0 saturated carbocycles. The van der Waals surface area contributed by atoms with Crippen molar-refractivity contribution in [3.05, 3.63) is 59.7 Å². The Morgan fingerprint density at radius 1 is 1.03 bits per heavy atom. The first-order chi connectivity index (χ1) is 15.0. The molecule has 1 aliphatic heterocycles. The van der Waals surface area contributed by atoms with E-state index >= 15 is 0 Å². The lowest BCUT2D eigenvalue weighted by atomic mass is 10.1. The molecule has 3 rings (SSSR count). The molecule has 164 valence electrons. The van der Waals surface area contributed by atoms with E-state index < -0.39 is 0 Å². The number of hydrogen-bond donors (Lipinski definition) is 0. The van der Waals surface area contributed by atoms with Crippen molar-refractivity contribution in [2.75, 3.05) is 27.3 Å². The summed E-state index contributed by atoms with van der Waals surface area (Å²) in [6.45, 7) is 3.49. The maximum atomic E-state index is 12.7. The predicted octanol–water partition coefficient (Wildman–Crippen LogP) is 3.47. The van der Waals surface area contributed by atoms with Crippen molar-refractivity contribution in [3.63, 3.8) is 0 Å². The first-order valence-electron chi connectivity index (χ1n) is 10.5. The molecule has 2 aromatic rings. The van der Waals surface area contributed by atoms with Crippen molar-refractivity contribution in [3.8, 4) is 11.5 Å². The van der Waals surface area contributed by atoms with Crippen molar-refractivity contribution >= 4 is 17.5 Å². The number of rotatable bonds is 9. The number of hydrogen-bond acceptors (Lipinski definition) is 5. The van der Waals surface area contributed by atoms with Crippen molar-refractivity contribution in [2.24, 2.45) is 5.10 Å². The normalized spacial score (nSPS) is 13.0. The number of amides is 2. The fourth-order valence-electron chi connectivity index (χ4n) is 3.55. The number of carbonyl (C=O) groups is 2. The first kappa shape index (κ1) is 22.3. The monoisotopic (exact) mass is 423 g/mol. The number of ether oxygens (including phenoxy) is 2. The van der Waals surface area contributed by atoms with Gasteiger partial charge < -0.3 is 14.4 Å². The molecule has 2 aromatic carbocycles. The van der Waals surface area contributed by atoms with Gasteiger partial charge in [-0.05, 0) is 30.2 Å². The van der Waals surface area contributed by atoms with Gasteiger partial charge in [-0.3, -0.25) is 9.59 Å². The van der Waals surface area contributed by atoms with E-state index in [2.05, 4.69) is 5.10 Å². The average Bonchev–Trinajstić information content (AvgIpc) is 3.31. The molecule has 0 N–H and O–H groups in total. The average molecular weight is 424 g/mol. The lowest BCUT2D eigenvalue weighted by Crippen LogP contribution is -2.32. The number of carbonyl (C=O) groups excluding carboxylic acids is 2. The molecule has 0 unspecified atom stereocenters. The minimum atomic E-state index is -0.124. The number of hydrazone groups is 1. The second kappa shape index (κ2) is 10.6. The maximum Gasteiger partial charge on any atom is 0.243 e. The van der Waals surface area contributed by atoms with Crippen LogP contribution in [-0.4, -0.2) is 54.7 Å². The first-order valence-corrected chi connectivity index (χ1v) is 10.5. The molecule has 0 atom stereocenters. The highest BCUT2D eigenvalue weighted by Gasteiger charge is 2.23. The highest BCUT2D eigenvalue weighted by atomic mass is 16.5. The SMILES string of the molecule is CCN(Cc1ccc(OC)c(OC)c1)C(=O)CCC(=O)N1CCC(c2ccccc2)=N1. The number of methoxy groups -OCH3 is 2. The fourth-order valence-corrected chi connectivity index (χ4v) is 3.55. The molecule has 0 aliphatic carbocycles. The molecular formula is C24H29N3O4. The Morgan fingerprint density at radius 2 is 1.77 bits per heavy atom. The summed E-state index contributed by atoms with van der Waals surface area (Å²) in [7, 11) is 3.17. The van der Waals surface area contributed by atoms with E-state index in [9.17, 15) is 9.59 Å². The molecule has 1 aliphatic rings. The van der Waals surface area contributed by atoms with Gasteiger partial charge in [-0.1, -0.05) is 36.4 Å². The third kappa shape index (κ3) is 5.63. The third-order valence-corrected chi connectivity index (χ3v) is 5.31. The highest BCUT2D eigenvalue weighted by molar-refractivity contribution is 6.02. The third-order valence-electron chi connectivity index (χ3n) is 5.31. The van der Waals surface area contributed by atoms with Gasteiger partial charge in [0.05, 0.1) is 26.5 Å². The van der Waals surface area contributed by atoms with Crippen LogP contribution >= 0.6 is 0 Å². The van der Waals surface area contributed by atoms with Crippen LogP contribution < -0.4 is 9.47 Å². The second-order valence-electron chi connectivity index (χ2n) is 7.28. The Labute approximate surface area is 183 Å². The van der Waals surface area contributed by atoms with Crippen LogP contribution in [0.5, 0.6) is 11.5 Å². The second-order valence-corrected chi connectivity index (χ2v) is 7.28. The van der Waals surface area contributed by atoms with Crippen LogP contribution in [0, 0.1) is 0 Å². The molecule has 7 heteroatoms. The van der Waals surface area contributed by atoms with E-state index in [-0.39, 0.29) is 24.7 Å². The van der Waals surface area contributed by atoms with Gasteiger partial charge in [-0.2, -0.15) is 5.10 Å². The maximum absolute atomic E-state index is 12.7. The van der Waals surface area contributed by atoms with Gasteiger partial charge in [0.25, 0.3) is 0 Å². The van der Waals surface area contributed by atoms with E-state index in [0.717, 1.165) is 23.3 Å². The van der Waals surface area contributed by atoms with Crippen molar-refractivity contribution in [2.45, 2.75) is 32.7 Å². The molecule has 0 aromatic heterocycles. The standard InChI is InChI=1S/C24H29N3O4/c1-4-26(17-18-10-11-21(30-2)22(16-18)31-3)23(28)12-13-24(29)27-15-14-20(25-27)19-8-6-5-7-9-19/h5-11,16H,4,12-15,17H2,1-3H3. The predicted molar refractivity (Wildman–Crippen MR) is 119 cm³/mol. The van der Waals surface area contributed by atoms with Gasteiger partial charge in [0, 0.05) is 32.4 Å². The van der Waals surface area contributed by atoms with Gasteiger partial charge >= 0.3 is 0 Å². The minimum absolute atomic E-state index is 0.0582. The lowest BCUT2D eigenvalue weighted by Gasteiger charge is -2.22. The van der Waals surface area contributed by atoms with Crippen molar-refractivity contribution in [1.29, 1.82) is 0 Å². The van der Waals surface area contributed by atoms with Gasteiger partial charge in [0.1, 0.15) is 0 Å². The van der Waals surface area contributed by atoms with Crippen LogP contribution in [-0.2, 0) is 16.1 Å². The van der Waals surface area contributed by atoms with E-state index in [4.69, 9.17) is 9.47 Å². The summed E-state index contributed by atoms with van der Waals surface area (Å²) in [5.41, 5.74) is 2.88. The Kier molecular flexibility index (Phi) is 7.65. The van der Waals surface area contributed by atoms with Gasteiger partial charge in [0.2, 0.25) is 11.8 Å². The Morgan fingerprint density at radius 3 is 2.45 bits per heavy atom. The number of benzene rings is 2. The van der Waals surface area contributed by atoms with Crippen LogP contribution in [0.15, 0.2) is 53.6 Å². The molecule has 2 amide bonds. The molecule has 0 radical (unpaired) electrons. The summed E-state index contributed by atoms with van der Waals surface area (Å²) >= 11 is 0. The summed E-state index contributed by atoms with van der Waals surface area (Å²) < 4.78 is 10.6. The van der Waals surface area contributed by atoms with Crippen LogP contribution in [0.2, 0.25) is 0 Å². The van der Waals surface area contributed by atoms with Crippen LogP contribution in [0.25, 0.3) is 0 Å². The summed E-state index contributed by atoms with van der Waals surface area (Å²) in [6, 6.07) is 15.4. The quantitative estimate of drug-likeness (QED) is 0.619. The summed E-state index contributed by atoms with van der Waals surface area (Å²) in [5, 5.41) is 5.94. The molecule has 0 saturated heterocycles. The molecule has 31 heavy (non-hydrogen) atoms. The zero-order valence-electron chi connectivity index (χ0n) is 18.3. The fraction of sp³-hybridized carbons (Fsp3) is 0.375. The molecule has 1 heterocycles. The van der Waals surface area contributed by atoms with Gasteiger partial charge in [0.15, 0.2) is 11.5 Å². The molecule has 0 bridgehead atoms. The van der Waals surface area contributed by atoms with E-state index in [1.165, 1.54) is 5.01 Å². The lowest BCUT2D eigenvalue weighted by molar-refractivity contribution is -0.137.